The Balaban J connectivity index is 1.12. The monoisotopic (exact) mass is 697 g/mol. The normalized spacial score (nSPS) is 13.9. The van der Waals surface area contributed by atoms with Gasteiger partial charge in [-0.05, 0) is 47.5 Å². The smallest absolute Gasteiger partial charge is 0.254 e. The Morgan fingerprint density at radius 2 is 1.33 bits per heavy atom. The summed E-state index contributed by atoms with van der Waals surface area (Å²) in [5, 5.41) is 6.33. The van der Waals surface area contributed by atoms with Gasteiger partial charge in [-0.3, -0.25) is 19.3 Å². The fourth-order valence-electron chi connectivity index (χ4n) is 5.77. The molecule has 6 rings (SSSR count). The lowest BCUT2D eigenvalue weighted by Gasteiger charge is -2.40. The predicted octanol–water partition coefficient (Wildman–Crippen LogP) is 7.13. The molecule has 244 valence electrons. The van der Waals surface area contributed by atoms with Gasteiger partial charge in [-0.2, -0.15) is 0 Å². The van der Waals surface area contributed by atoms with Gasteiger partial charge in [0.2, 0.25) is 11.8 Å². The first-order valence-corrected chi connectivity index (χ1v) is 17.2. The van der Waals surface area contributed by atoms with E-state index in [0.717, 1.165) is 16.7 Å². The predicted molar refractivity (Wildman–Crippen MR) is 191 cm³/mol. The second-order valence-corrected chi connectivity index (χ2v) is 13.1. The van der Waals surface area contributed by atoms with E-state index in [-0.39, 0.29) is 25.0 Å². The summed E-state index contributed by atoms with van der Waals surface area (Å²) in [6.07, 6.45) is 0. The van der Waals surface area contributed by atoms with Crippen LogP contribution in [0.4, 0.5) is 5.13 Å². The molecule has 0 bridgehead atoms. The molecule has 1 aromatic heterocycles. The van der Waals surface area contributed by atoms with Crippen LogP contribution in [0.1, 0.15) is 27.5 Å². The minimum absolute atomic E-state index is 0.00615. The number of rotatable bonds is 10. The van der Waals surface area contributed by atoms with Crippen LogP contribution in [0.3, 0.4) is 0 Å². The van der Waals surface area contributed by atoms with E-state index in [1.165, 1.54) is 16.2 Å². The molecule has 4 aromatic carbocycles. The van der Waals surface area contributed by atoms with Crippen molar-refractivity contribution >= 4 is 57.4 Å². The maximum absolute atomic E-state index is 13.7. The first kappa shape index (κ1) is 33.4. The molecule has 1 aliphatic heterocycles. The van der Waals surface area contributed by atoms with Gasteiger partial charge in [-0.1, -0.05) is 96.0 Å². The highest BCUT2D eigenvalue weighted by molar-refractivity contribution is 7.14. The summed E-state index contributed by atoms with van der Waals surface area (Å²) >= 11 is 13.5. The van der Waals surface area contributed by atoms with Crippen molar-refractivity contribution in [3.63, 3.8) is 0 Å². The second kappa shape index (κ2) is 15.6. The average molecular weight is 699 g/mol. The molecule has 8 nitrogen and oxygen atoms in total. The Bertz CT molecular complexity index is 1850. The lowest BCUT2D eigenvalue weighted by molar-refractivity contribution is -0.134. The quantitative estimate of drug-likeness (QED) is 0.168. The van der Waals surface area contributed by atoms with Gasteiger partial charge in [0, 0.05) is 52.7 Å². The van der Waals surface area contributed by atoms with Crippen LogP contribution in [0.25, 0.3) is 11.3 Å². The number of carbonyl (C=O) groups excluding carboxylic acids is 3. The van der Waals surface area contributed by atoms with E-state index in [1.807, 2.05) is 66.0 Å². The summed E-state index contributed by atoms with van der Waals surface area (Å²) in [5.41, 5.74) is 4.24. The lowest BCUT2D eigenvalue weighted by Crippen LogP contribution is -2.53. The van der Waals surface area contributed by atoms with Gasteiger partial charge in [0.1, 0.15) is 13.1 Å². The van der Waals surface area contributed by atoms with Crippen molar-refractivity contribution in [2.45, 2.75) is 6.04 Å². The van der Waals surface area contributed by atoms with Crippen molar-refractivity contribution in [2.24, 2.45) is 0 Å². The number of nitrogens with zero attached hydrogens (tertiary/aromatic N) is 4. The zero-order chi connectivity index (χ0) is 33.5. The van der Waals surface area contributed by atoms with Crippen molar-refractivity contribution in [3.05, 3.63) is 141 Å². The molecular weight excluding hydrogens is 665 g/mol. The van der Waals surface area contributed by atoms with E-state index < -0.39 is 11.8 Å². The van der Waals surface area contributed by atoms with Crippen LogP contribution in [-0.2, 0) is 9.59 Å². The zero-order valence-electron chi connectivity index (χ0n) is 26.0. The van der Waals surface area contributed by atoms with Crippen molar-refractivity contribution in [2.75, 3.05) is 44.6 Å². The SMILES string of the molecule is O=C(CN(CC(=O)N1CCN(C(c2ccccc2)c2ccc(Cl)cc2)CC1)C(=O)c1ccccc1)Nc1nc(-c2ccc(Cl)cc2)cs1. The van der Waals surface area contributed by atoms with Crippen LogP contribution in [0.2, 0.25) is 10.0 Å². The van der Waals surface area contributed by atoms with E-state index >= 15 is 0 Å². The molecule has 1 aliphatic rings. The molecule has 0 radical (unpaired) electrons. The summed E-state index contributed by atoms with van der Waals surface area (Å²) in [6.45, 7) is 1.72. The third kappa shape index (κ3) is 8.29. The highest BCUT2D eigenvalue weighted by atomic mass is 35.5. The van der Waals surface area contributed by atoms with Crippen molar-refractivity contribution < 1.29 is 14.4 Å². The van der Waals surface area contributed by atoms with Gasteiger partial charge in [0.05, 0.1) is 11.7 Å². The number of thiazole rings is 1. The molecule has 11 heteroatoms. The largest absolute Gasteiger partial charge is 0.339 e. The van der Waals surface area contributed by atoms with Gasteiger partial charge in [0.15, 0.2) is 5.13 Å². The van der Waals surface area contributed by atoms with Crippen molar-refractivity contribution in [3.8, 4) is 11.3 Å². The molecule has 0 spiro atoms. The number of halogens is 2. The van der Waals surface area contributed by atoms with Crippen LogP contribution < -0.4 is 5.32 Å². The number of amides is 3. The molecule has 1 N–H and O–H groups in total. The molecule has 0 aliphatic carbocycles. The molecule has 1 saturated heterocycles. The van der Waals surface area contributed by atoms with Gasteiger partial charge in [-0.25, -0.2) is 4.98 Å². The Hall–Kier alpha value is -4.54. The van der Waals surface area contributed by atoms with Gasteiger partial charge >= 0.3 is 0 Å². The molecular formula is C37H33Cl2N5O3S. The third-order valence-electron chi connectivity index (χ3n) is 8.19. The first-order valence-electron chi connectivity index (χ1n) is 15.5. The van der Waals surface area contributed by atoms with Crippen LogP contribution in [0.15, 0.2) is 115 Å². The lowest BCUT2D eigenvalue weighted by atomic mass is 9.96. The van der Waals surface area contributed by atoms with Crippen LogP contribution >= 0.6 is 34.5 Å². The standard InChI is InChI=1S/C37H33Cl2N5O3S/c38-30-15-11-26(12-16-30)32-25-48-37(40-32)41-33(45)23-44(36(47)29-9-5-2-6-10-29)24-34(46)42-19-21-43(22-20-42)35(27-7-3-1-4-8-27)28-13-17-31(39)18-14-28/h1-18,25,35H,19-24H2,(H,40,41,45). The highest BCUT2D eigenvalue weighted by Crippen LogP contribution is 2.31. The Morgan fingerprint density at radius 1 is 0.750 bits per heavy atom. The topological polar surface area (TPSA) is 85.9 Å². The molecule has 1 atom stereocenters. The third-order valence-corrected chi connectivity index (χ3v) is 9.45. The summed E-state index contributed by atoms with van der Waals surface area (Å²) in [4.78, 5) is 50.4. The van der Waals surface area contributed by atoms with Crippen LogP contribution in [-0.4, -0.2) is 76.7 Å². The summed E-state index contributed by atoms with van der Waals surface area (Å²) in [6, 6.07) is 34.1. The number of hydrogen-bond acceptors (Lipinski definition) is 6. The summed E-state index contributed by atoms with van der Waals surface area (Å²) in [5.74, 6) is -1.05. The van der Waals surface area contributed by atoms with E-state index in [1.54, 1.807) is 41.3 Å². The van der Waals surface area contributed by atoms with Gasteiger partial charge in [-0.15, -0.1) is 11.3 Å². The maximum atomic E-state index is 13.7. The van der Waals surface area contributed by atoms with Gasteiger partial charge in [0.25, 0.3) is 5.91 Å². The Morgan fingerprint density at radius 3 is 1.98 bits per heavy atom. The second-order valence-electron chi connectivity index (χ2n) is 11.4. The summed E-state index contributed by atoms with van der Waals surface area (Å²) in [7, 11) is 0. The number of aromatic nitrogens is 1. The number of carbonyl (C=O) groups is 3. The number of hydrogen-bond donors (Lipinski definition) is 1. The van der Waals surface area contributed by atoms with E-state index in [9.17, 15) is 14.4 Å². The molecule has 3 amide bonds. The molecule has 48 heavy (non-hydrogen) atoms. The fourth-order valence-corrected chi connectivity index (χ4v) is 6.75. The maximum Gasteiger partial charge on any atom is 0.254 e. The highest BCUT2D eigenvalue weighted by Gasteiger charge is 2.30. The zero-order valence-corrected chi connectivity index (χ0v) is 28.3. The van der Waals surface area contributed by atoms with Gasteiger partial charge < -0.3 is 15.1 Å². The number of piperazine rings is 1. The Labute approximate surface area is 293 Å². The molecule has 1 fully saturated rings. The summed E-state index contributed by atoms with van der Waals surface area (Å²) < 4.78 is 0. The van der Waals surface area contributed by atoms with E-state index in [4.69, 9.17) is 23.2 Å². The van der Waals surface area contributed by atoms with Crippen LogP contribution in [0, 0.1) is 0 Å². The number of nitrogens with one attached hydrogen (secondary N) is 1. The van der Waals surface area contributed by atoms with Crippen molar-refractivity contribution in [1.82, 2.24) is 19.7 Å². The molecule has 5 aromatic rings. The van der Waals surface area contributed by atoms with E-state index in [2.05, 4.69) is 27.3 Å². The van der Waals surface area contributed by atoms with Crippen molar-refractivity contribution in [1.29, 1.82) is 0 Å². The first-order chi connectivity index (χ1) is 23.3. The Kier molecular flexibility index (Phi) is 10.8. The minimum atomic E-state index is -0.442. The molecule has 1 unspecified atom stereocenters. The molecule has 0 saturated carbocycles. The van der Waals surface area contributed by atoms with Crippen LogP contribution in [0.5, 0.6) is 0 Å². The fraction of sp³-hybridized carbons (Fsp3) is 0.189. The number of anilines is 1. The molecule has 2 heterocycles. The minimum Gasteiger partial charge on any atom is -0.339 e. The van der Waals surface area contributed by atoms with E-state index in [0.29, 0.717) is 52.6 Å². The number of benzene rings is 4. The average Bonchev–Trinajstić information content (AvgIpc) is 3.58.